The van der Waals surface area contributed by atoms with E-state index in [1.165, 1.54) is 19.2 Å². The van der Waals surface area contributed by atoms with Crippen molar-refractivity contribution in [3.8, 4) is 5.75 Å². The second-order valence-corrected chi connectivity index (χ2v) is 3.79. The molecule has 76 valence electrons. The highest BCUT2D eigenvalue weighted by atomic mass is 19.1. The summed E-state index contributed by atoms with van der Waals surface area (Å²) in [7, 11) is 1.53. The summed E-state index contributed by atoms with van der Waals surface area (Å²) in [6.45, 7) is 0. The largest absolute Gasteiger partial charge is 0.497 e. The molecule has 0 bridgehead atoms. The van der Waals surface area contributed by atoms with Gasteiger partial charge in [-0.3, -0.25) is 0 Å². The summed E-state index contributed by atoms with van der Waals surface area (Å²) in [4.78, 5) is 0. The van der Waals surface area contributed by atoms with Crippen molar-refractivity contribution in [2.45, 2.75) is 18.9 Å². The Kier molecular flexibility index (Phi) is 2.42. The number of benzene rings is 1. The van der Waals surface area contributed by atoms with Gasteiger partial charge < -0.3 is 10.5 Å². The maximum Gasteiger partial charge on any atom is 0.127 e. The summed E-state index contributed by atoms with van der Waals surface area (Å²) in [6.07, 6.45) is 2.31. The maximum absolute atomic E-state index is 13.1. The molecule has 3 heteroatoms. The highest BCUT2D eigenvalue weighted by Crippen LogP contribution is 2.40. The Labute approximate surface area is 82.9 Å². The molecule has 1 aromatic rings. The fourth-order valence-corrected chi connectivity index (χ4v) is 1.62. The van der Waals surface area contributed by atoms with Crippen LogP contribution in [0.1, 0.15) is 24.4 Å². The zero-order chi connectivity index (χ0) is 10.1. The van der Waals surface area contributed by atoms with E-state index in [4.69, 9.17) is 10.5 Å². The minimum atomic E-state index is -0.282. The molecule has 0 unspecified atom stereocenters. The molecule has 1 saturated carbocycles. The van der Waals surface area contributed by atoms with E-state index in [-0.39, 0.29) is 11.9 Å². The molecule has 0 aliphatic heterocycles. The van der Waals surface area contributed by atoms with Crippen LogP contribution in [-0.4, -0.2) is 7.11 Å². The first-order chi connectivity index (χ1) is 6.70. The molecule has 1 aliphatic carbocycles. The first-order valence-corrected chi connectivity index (χ1v) is 4.81. The van der Waals surface area contributed by atoms with Gasteiger partial charge in [-0.25, -0.2) is 4.39 Å². The van der Waals surface area contributed by atoms with Crippen LogP contribution in [0.2, 0.25) is 0 Å². The monoisotopic (exact) mass is 195 g/mol. The quantitative estimate of drug-likeness (QED) is 0.802. The molecular weight excluding hydrogens is 181 g/mol. The van der Waals surface area contributed by atoms with Gasteiger partial charge in [-0.1, -0.05) is 0 Å². The van der Waals surface area contributed by atoms with Crippen LogP contribution in [0.4, 0.5) is 4.39 Å². The average molecular weight is 195 g/mol. The number of rotatable bonds is 3. The summed E-state index contributed by atoms with van der Waals surface area (Å²) in [5.74, 6) is 0.785. The minimum absolute atomic E-state index is 0.0420. The second-order valence-electron chi connectivity index (χ2n) is 3.79. The van der Waals surface area contributed by atoms with Crippen LogP contribution >= 0.6 is 0 Å². The van der Waals surface area contributed by atoms with Gasteiger partial charge in [0.2, 0.25) is 0 Å². The molecule has 0 spiro atoms. The van der Waals surface area contributed by atoms with Gasteiger partial charge in [0.15, 0.2) is 0 Å². The smallest absolute Gasteiger partial charge is 0.127 e. The summed E-state index contributed by atoms with van der Waals surface area (Å²) >= 11 is 0. The van der Waals surface area contributed by atoms with Crippen LogP contribution in [0.15, 0.2) is 18.2 Å². The van der Waals surface area contributed by atoms with Gasteiger partial charge in [-0.15, -0.1) is 0 Å². The lowest BCUT2D eigenvalue weighted by Gasteiger charge is -2.12. The first-order valence-electron chi connectivity index (χ1n) is 4.81. The van der Waals surface area contributed by atoms with E-state index in [9.17, 15) is 4.39 Å². The Morgan fingerprint density at radius 2 is 2.14 bits per heavy atom. The predicted molar refractivity (Wildman–Crippen MR) is 52.6 cm³/mol. The van der Waals surface area contributed by atoms with Crippen LogP contribution in [0.3, 0.4) is 0 Å². The van der Waals surface area contributed by atoms with Crippen molar-refractivity contribution in [3.05, 3.63) is 29.6 Å². The van der Waals surface area contributed by atoms with Crippen molar-refractivity contribution >= 4 is 0 Å². The number of ether oxygens (including phenoxy) is 1. The lowest BCUT2D eigenvalue weighted by atomic mass is 10.0. The summed E-state index contributed by atoms with van der Waals surface area (Å²) in [5, 5.41) is 0. The normalized spacial score (nSPS) is 17.9. The third-order valence-electron chi connectivity index (χ3n) is 2.64. The lowest BCUT2D eigenvalue weighted by Crippen LogP contribution is -2.12. The molecule has 0 amide bonds. The Balaban J connectivity index is 2.27. The molecule has 1 aliphatic rings. The van der Waals surface area contributed by atoms with Crippen LogP contribution in [-0.2, 0) is 0 Å². The van der Waals surface area contributed by atoms with Crippen molar-refractivity contribution in [1.82, 2.24) is 0 Å². The Morgan fingerprint density at radius 1 is 1.43 bits per heavy atom. The third kappa shape index (κ3) is 1.87. The molecule has 2 N–H and O–H groups in total. The van der Waals surface area contributed by atoms with E-state index in [2.05, 4.69) is 0 Å². The maximum atomic E-state index is 13.1. The summed E-state index contributed by atoms with van der Waals surface area (Å²) in [5.41, 5.74) is 6.81. The standard InChI is InChI=1S/C11H14FNO/c1-14-10-5-8(4-9(12)6-10)11(13)7-2-3-7/h4-7,11H,2-3,13H2,1H3/t11-/m0/s1. The van der Waals surface area contributed by atoms with Gasteiger partial charge in [0.1, 0.15) is 11.6 Å². The molecule has 1 aromatic carbocycles. The fourth-order valence-electron chi connectivity index (χ4n) is 1.62. The number of halogens is 1. The number of nitrogens with two attached hydrogens (primary N) is 1. The molecule has 0 heterocycles. The van der Waals surface area contributed by atoms with E-state index in [1.54, 1.807) is 0 Å². The number of hydrogen-bond acceptors (Lipinski definition) is 2. The van der Waals surface area contributed by atoms with Crippen molar-refractivity contribution < 1.29 is 9.13 Å². The molecular formula is C11H14FNO. The molecule has 2 nitrogen and oxygen atoms in total. The van der Waals surface area contributed by atoms with Gasteiger partial charge in [-0.05, 0) is 36.5 Å². The molecule has 0 aromatic heterocycles. The average Bonchev–Trinajstić information content (AvgIpc) is 2.99. The highest BCUT2D eigenvalue weighted by Gasteiger charge is 2.29. The lowest BCUT2D eigenvalue weighted by molar-refractivity contribution is 0.409. The number of hydrogen-bond donors (Lipinski definition) is 1. The topological polar surface area (TPSA) is 35.2 Å². The van der Waals surface area contributed by atoms with Crippen LogP contribution in [0, 0.1) is 11.7 Å². The summed E-state index contributed by atoms with van der Waals surface area (Å²) < 4.78 is 18.1. The van der Waals surface area contributed by atoms with Gasteiger partial charge in [0.25, 0.3) is 0 Å². The highest BCUT2D eigenvalue weighted by molar-refractivity contribution is 5.32. The molecule has 14 heavy (non-hydrogen) atoms. The van der Waals surface area contributed by atoms with Gasteiger partial charge in [0, 0.05) is 12.1 Å². The van der Waals surface area contributed by atoms with Crippen molar-refractivity contribution in [2.75, 3.05) is 7.11 Å². The summed E-state index contributed by atoms with van der Waals surface area (Å²) in [6, 6.07) is 4.63. The fraction of sp³-hybridized carbons (Fsp3) is 0.455. The number of methoxy groups -OCH3 is 1. The molecule has 0 radical (unpaired) electrons. The Bertz CT molecular complexity index is 336. The SMILES string of the molecule is COc1cc(F)cc([C@@H](N)C2CC2)c1. The van der Waals surface area contributed by atoms with E-state index >= 15 is 0 Å². The van der Waals surface area contributed by atoms with Gasteiger partial charge >= 0.3 is 0 Å². The first kappa shape index (κ1) is 9.46. The molecule has 1 atom stereocenters. The second kappa shape index (κ2) is 3.58. The minimum Gasteiger partial charge on any atom is -0.497 e. The van der Waals surface area contributed by atoms with E-state index in [0.717, 1.165) is 18.4 Å². The van der Waals surface area contributed by atoms with Crippen molar-refractivity contribution in [3.63, 3.8) is 0 Å². The molecule has 0 saturated heterocycles. The molecule has 2 rings (SSSR count). The molecule has 1 fully saturated rings. The van der Waals surface area contributed by atoms with E-state index in [0.29, 0.717) is 11.7 Å². The predicted octanol–water partition coefficient (Wildman–Crippen LogP) is 2.24. The Hall–Kier alpha value is -1.09. The van der Waals surface area contributed by atoms with Gasteiger partial charge in [-0.2, -0.15) is 0 Å². The van der Waals surface area contributed by atoms with E-state index < -0.39 is 0 Å². The Morgan fingerprint density at radius 3 is 2.71 bits per heavy atom. The van der Waals surface area contributed by atoms with Crippen molar-refractivity contribution in [1.29, 1.82) is 0 Å². The van der Waals surface area contributed by atoms with Crippen LogP contribution in [0.5, 0.6) is 5.75 Å². The van der Waals surface area contributed by atoms with Crippen LogP contribution < -0.4 is 10.5 Å². The third-order valence-corrected chi connectivity index (χ3v) is 2.64. The van der Waals surface area contributed by atoms with Crippen LogP contribution in [0.25, 0.3) is 0 Å². The van der Waals surface area contributed by atoms with Gasteiger partial charge in [0.05, 0.1) is 7.11 Å². The zero-order valence-corrected chi connectivity index (χ0v) is 8.16. The zero-order valence-electron chi connectivity index (χ0n) is 8.16. The van der Waals surface area contributed by atoms with E-state index in [1.807, 2.05) is 6.07 Å². The van der Waals surface area contributed by atoms with Crippen molar-refractivity contribution in [2.24, 2.45) is 11.7 Å².